The fourth-order valence-electron chi connectivity index (χ4n) is 5.14. The van der Waals surface area contributed by atoms with Crippen LogP contribution in [0.1, 0.15) is 56.3 Å². The lowest BCUT2D eigenvalue weighted by molar-refractivity contribution is 0.360. The first-order chi connectivity index (χ1) is 13.8. The van der Waals surface area contributed by atoms with Crippen LogP contribution in [-0.2, 0) is 0 Å². The lowest BCUT2D eigenvalue weighted by atomic mass is 9.94. The monoisotopic (exact) mass is 366 g/mol. The summed E-state index contributed by atoms with van der Waals surface area (Å²) in [6.07, 6.45) is 14.8. The molecule has 0 N–H and O–H groups in total. The Labute approximate surface area is 166 Å². The van der Waals surface area contributed by atoms with E-state index in [1.54, 1.807) is 0 Å². The molecule has 4 aromatic rings. The van der Waals surface area contributed by atoms with E-state index in [2.05, 4.69) is 72.7 Å². The number of nitrogens with zero attached hydrogens (tertiary/aromatic N) is 2. The number of aromatic nitrogens is 2. The molecule has 1 saturated carbocycles. The summed E-state index contributed by atoms with van der Waals surface area (Å²) in [7, 11) is 0. The van der Waals surface area contributed by atoms with Gasteiger partial charge >= 0.3 is 0 Å². The largest absolute Gasteiger partial charge is 0.337 e. The quantitative estimate of drug-likeness (QED) is 0.343. The Morgan fingerprint density at radius 2 is 1.75 bits per heavy atom. The van der Waals surface area contributed by atoms with Gasteiger partial charge in [-0.25, -0.2) is 0 Å². The smallest absolute Gasteiger partial charge is 0.0801 e. The van der Waals surface area contributed by atoms with E-state index in [9.17, 15) is 0 Å². The normalized spacial score (nSPS) is 15.9. The minimum absolute atomic E-state index is 0.535. The molecule has 0 spiro atoms. The zero-order chi connectivity index (χ0) is 19.1. The molecule has 0 bridgehead atoms. The van der Waals surface area contributed by atoms with E-state index in [1.807, 2.05) is 6.20 Å². The van der Waals surface area contributed by atoms with Gasteiger partial charge in [-0.2, -0.15) is 0 Å². The van der Waals surface area contributed by atoms with E-state index in [1.165, 1.54) is 70.4 Å². The molecule has 0 saturated heterocycles. The number of hydrogen-bond acceptors (Lipinski definition) is 1. The van der Waals surface area contributed by atoms with Crippen LogP contribution in [0, 0.1) is 0 Å². The second kappa shape index (κ2) is 6.94. The van der Waals surface area contributed by atoms with Crippen molar-refractivity contribution in [1.82, 2.24) is 9.55 Å². The second-order valence-corrected chi connectivity index (χ2v) is 7.83. The third-order valence-electron chi connectivity index (χ3n) is 6.26. The molecule has 2 aromatic heterocycles. The SMILES string of the molecule is C=Cc1c(/C=C\C)c2c3ccccc3c3ncccc3c2n1C1CCCCC1. The van der Waals surface area contributed by atoms with Gasteiger partial charge in [-0.1, -0.05) is 62.3 Å². The summed E-state index contributed by atoms with van der Waals surface area (Å²) >= 11 is 0. The Morgan fingerprint density at radius 3 is 2.50 bits per heavy atom. The Kier molecular flexibility index (Phi) is 4.27. The fourth-order valence-corrected chi connectivity index (χ4v) is 5.14. The van der Waals surface area contributed by atoms with Gasteiger partial charge in [0, 0.05) is 39.7 Å². The van der Waals surface area contributed by atoms with Gasteiger partial charge in [0.2, 0.25) is 0 Å². The molecule has 2 heterocycles. The van der Waals surface area contributed by atoms with Crippen molar-refractivity contribution >= 4 is 44.7 Å². The van der Waals surface area contributed by atoms with E-state index in [0.29, 0.717) is 6.04 Å². The lowest BCUT2D eigenvalue weighted by Gasteiger charge is -2.26. The van der Waals surface area contributed by atoms with Crippen LogP contribution in [-0.4, -0.2) is 9.55 Å². The number of fused-ring (bicyclic) bond motifs is 6. The average Bonchev–Trinajstić information content (AvgIpc) is 3.09. The van der Waals surface area contributed by atoms with E-state index < -0.39 is 0 Å². The molecule has 28 heavy (non-hydrogen) atoms. The molecule has 2 heteroatoms. The Hall–Kier alpha value is -2.87. The van der Waals surface area contributed by atoms with Gasteiger partial charge in [-0.15, -0.1) is 0 Å². The van der Waals surface area contributed by atoms with Crippen LogP contribution in [0.2, 0.25) is 0 Å². The van der Waals surface area contributed by atoms with Crippen molar-refractivity contribution in [3.05, 3.63) is 66.5 Å². The zero-order valence-electron chi connectivity index (χ0n) is 16.5. The van der Waals surface area contributed by atoms with Crippen LogP contribution in [0.4, 0.5) is 0 Å². The predicted molar refractivity (Wildman–Crippen MR) is 122 cm³/mol. The number of benzene rings is 2. The molecule has 140 valence electrons. The van der Waals surface area contributed by atoms with Gasteiger partial charge in [0.1, 0.15) is 0 Å². The molecule has 0 amide bonds. The van der Waals surface area contributed by atoms with E-state index in [-0.39, 0.29) is 0 Å². The van der Waals surface area contributed by atoms with Gasteiger partial charge in [-0.3, -0.25) is 4.98 Å². The molecule has 1 fully saturated rings. The van der Waals surface area contributed by atoms with Crippen molar-refractivity contribution < 1.29 is 0 Å². The number of rotatable bonds is 3. The highest BCUT2D eigenvalue weighted by Crippen LogP contribution is 2.43. The third-order valence-corrected chi connectivity index (χ3v) is 6.26. The lowest BCUT2D eigenvalue weighted by Crippen LogP contribution is -2.14. The minimum atomic E-state index is 0.535. The van der Waals surface area contributed by atoms with Crippen molar-refractivity contribution in [2.24, 2.45) is 0 Å². The van der Waals surface area contributed by atoms with Gasteiger partial charge < -0.3 is 4.57 Å². The topological polar surface area (TPSA) is 17.8 Å². The fraction of sp³-hybridized carbons (Fsp3) is 0.269. The van der Waals surface area contributed by atoms with Crippen LogP contribution >= 0.6 is 0 Å². The highest BCUT2D eigenvalue weighted by atomic mass is 15.0. The van der Waals surface area contributed by atoms with Crippen molar-refractivity contribution in [2.45, 2.75) is 45.1 Å². The molecule has 2 nitrogen and oxygen atoms in total. The van der Waals surface area contributed by atoms with Gasteiger partial charge in [0.15, 0.2) is 0 Å². The zero-order valence-corrected chi connectivity index (χ0v) is 16.5. The van der Waals surface area contributed by atoms with Crippen LogP contribution in [0.5, 0.6) is 0 Å². The molecule has 1 aliphatic carbocycles. The molecule has 5 rings (SSSR count). The van der Waals surface area contributed by atoms with Crippen molar-refractivity contribution in [1.29, 1.82) is 0 Å². The summed E-state index contributed by atoms with van der Waals surface area (Å²) < 4.78 is 2.59. The predicted octanol–water partition coefficient (Wildman–Crippen LogP) is 7.52. The molecular formula is C26H26N2. The Balaban J connectivity index is 2.06. The van der Waals surface area contributed by atoms with E-state index in [4.69, 9.17) is 4.98 Å². The highest BCUT2D eigenvalue weighted by Gasteiger charge is 2.25. The minimum Gasteiger partial charge on any atom is -0.337 e. The highest BCUT2D eigenvalue weighted by molar-refractivity contribution is 6.26. The number of allylic oxidation sites excluding steroid dienone is 1. The van der Waals surface area contributed by atoms with Crippen molar-refractivity contribution in [3.63, 3.8) is 0 Å². The molecule has 2 aromatic carbocycles. The molecule has 0 radical (unpaired) electrons. The average molecular weight is 367 g/mol. The standard InChI is InChI=1S/C26H26N2/c1-3-11-21-23(4-2)28(18-12-6-5-7-13-18)26-22-16-10-17-27-25(22)20-15-9-8-14-19(20)24(21)26/h3-4,8-11,14-18H,2,5-7,12-13H2,1H3/b11-3-. The Bertz CT molecular complexity index is 1220. The van der Waals surface area contributed by atoms with Crippen LogP contribution in [0.3, 0.4) is 0 Å². The van der Waals surface area contributed by atoms with Gasteiger partial charge in [0.05, 0.1) is 11.0 Å². The van der Waals surface area contributed by atoms with Crippen molar-refractivity contribution in [3.8, 4) is 0 Å². The second-order valence-electron chi connectivity index (χ2n) is 7.83. The third kappa shape index (κ3) is 2.44. The first-order valence-electron chi connectivity index (χ1n) is 10.4. The summed E-state index contributed by atoms with van der Waals surface area (Å²) in [4.78, 5) is 4.80. The van der Waals surface area contributed by atoms with Crippen LogP contribution in [0.25, 0.3) is 44.7 Å². The summed E-state index contributed by atoms with van der Waals surface area (Å²) in [5.74, 6) is 0. The summed E-state index contributed by atoms with van der Waals surface area (Å²) in [5, 5.41) is 5.11. The molecule has 1 aliphatic rings. The maximum Gasteiger partial charge on any atom is 0.0801 e. The van der Waals surface area contributed by atoms with Gasteiger partial charge in [-0.05, 0) is 43.4 Å². The maximum atomic E-state index is 4.80. The molecular weight excluding hydrogens is 340 g/mol. The van der Waals surface area contributed by atoms with E-state index >= 15 is 0 Å². The number of pyridine rings is 1. The molecule has 0 unspecified atom stereocenters. The first-order valence-corrected chi connectivity index (χ1v) is 10.4. The van der Waals surface area contributed by atoms with Crippen LogP contribution in [0.15, 0.2) is 55.3 Å². The van der Waals surface area contributed by atoms with Gasteiger partial charge in [0.25, 0.3) is 0 Å². The Morgan fingerprint density at radius 1 is 1.00 bits per heavy atom. The maximum absolute atomic E-state index is 4.80. The summed E-state index contributed by atoms with van der Waals surface area (Å²) in [5.41, 5.74) is 4.97. The summed E-state index contributed by atoms with van der Waals surface area (Å²) in [6.45, 7) is 6.31. The van der Waals surface area contributed by atoms with E-state index in [0.717, 1.165) is 5.52 Å². The van der Waals surface area contributed by atoms with Crippen LogP contribution < -0.4 is 0 Å². The first kappa shape index (κ1) is 17.2. The van der Waals surface area contributed by atoms with Crippen molar-refractivity contribution in [2.75, 3.05) is 0 Å². The molecule has 0 aliphatic heterocycles. The molecule has 0 atom stereocenters. The summed E-state index contributed by atoms with van der Waals surface area (Å²) in [6, 6.07) is 13.5. The number of hydrogen-bond donors (Lipinski definition) is 0.